The first-order valence-electron chi connectivity index (χ1n) is 7.64. The smallest absolute Gasteiger partial charge is 0.277 e. The Morgan fingerprint density at radius 3 is 2.54 bits per heavy atom. The summed E-state index contributed by atoms with van der Waals surface area (Å²) < 4.78 is 5.59. The predicted octanol–water partition coefficient (Wildman–Crippen LogP) is 3.27. The predicted molar refractivity (Wildman–Crippen MR) is 92.1 cm³/mol. The number of nitriles is 1. The van der Waals surface area contributed by atoms with Crippen LogP contribution in [0.15, 0.2) is 40.0 Å². The number of carbonyl (C=O) groups is 1. The van der Waals surface area contributed by atoms with Gasteiger partial charge >= 0.3 is 0 Å². The topological polar surface area (TPSA) is 91.8 Å². The van der Waals surface area contributed by atoms with E-state index < -0.39 is 10.8 Å². The molecule has 0 saturated carbocycles. The van der Waals surface area contributed by atoms with Gasteiger partial charge in [0.15, 0.2) is 0 Å². The third-order valence-corrected chi connectivity index (χ3v) is 4.78. The van der Waals surface area contributed by atoms with Crippen LogP contribution in [-0.2, 0) is 4.79 Å². The van der Waals surface area contributed by atoms with Gasteiger partial charge in [-0.05, 0) is 31.9 Å². The van der Waals surface area contributed by atoms with Gasteiger partial charge < -0.3 is 9.73 Å². The average Bonchev–Trinajstić information content (AvgIpc) is 3.03. The molecular weight excluding hydrogens is 324 g/mol. The fraction of sp³-hybridized carbons (Fsp3) is 0.412. The van der Waals surface area contributed by atoms with Crippen LogP contribution < -0.4 is 5.32 Å². The number of hydrogen-bond acceptors (Lipinski definition) is 6. The molecule has 0 unspecified atom stereocenters. The summed E-state index contributed by atoms with van der Waals surface area (Å²) in [6.07, 6.45) is 0. The second-order valence-electron chi connectivity index (χ2n) is 5.96. The van der Waals surface area contributed by atoms with Crippen LogP contribution in [0.1, 0.15) is 27.7 Å². The van der Waals surface area contributed by atoms with E-state index in [-0.39, 0.29) is 11.8 Å². The van der Waals surface area contributed by atoms with Crippen molar-refractivity contribution in [3.8, 4) is 17.5 Å². The fourth-order valence-electron chi connectivity index (χ4n) is 1.82. The van der Waals surface area contributed by atoms with Gasteiger partial charge in [-0.1, -0.05) is 43.8 Å². The highest BCUT2D eigenvalue weighted by molar-refractivity contribution is 8.00. The summed E-state index contributed by atoms with van der Waals surface area (Å²) in [4.78, 5) is 12.3. The maximum atomic E-state index is 12.3. The number of rotatable bonds is 6. The summed E-state index contributed by atoms with van der Waals surface area (Å²) in [6, 6.07) is 11.6. The van der Waals surface area contributed by atoms with Crippen LogP contribution in [-0.4, -0.2) is 26.9 Å². The number of nitrogens with one attached hydrogen (secondary N) is 1. The Morgan fingerprint density at radius 2 is 1.96 bits per heavy atom. The molecule has 6 nitrogen and oxygen atoms in total. The summed E-state index contributed by atoms with van der Waals surface area (Å²) in [5.41, 5.74) is -0.0820. The van der Waals surface area contributed by atoms with Gasteiger partial charge in [0.1, 0.15) is 5.54 Å². The molecule has 1 aromatic carbocycles. The molecule has 2 aromatic rings. The molecule has 0 aliphatic rings. The first-order valence-corrected chi connectivity index (χ1v) is 8.52. The van der Waals surface area contributed by atoms with Crippen molar-refractivity contribution in [2.75, 3.05) is 0 Å². The molecule has 1 N–H and O–H groups in total. The van der Waals surface area contributed by atoms with Crippen LogP contribution in [0.25, 0.3) is 11.5 Å². The third-order valence-electron chi connectivity index (χ3n) is 3.84. The van der Waals surface area contributed by atoms with Crippen molar-refractivity contribution in [2.24, 2.45) is 5.92 Å². The van der Waals surface area contributed by atoms with E-state index in [4.69, 9.17) is 4.42 Å². The Bertz CT molecular complexity index is 739. The van der Waals surface area contributed by atoms with E-state index in [0.717, 1.165) is 5.56 Å². The molecule has 2 rings (SSSR count). The van der Waals surface area contributed by atoms with Gasteiger partial charge in [-0.2, -0.15) is 5.26 Å². The lowest BCUT2D eigenvalue weighted by Crippen LogP contribution is -2.51. The van der Waals surface area contributed by atoms with E-state index in [0.29, 0.717) is 11.1 Å². The SMILES string of the molecule is CC(C)[C@@](C)(C#N)NC(=O)[C@@H](C)Sc1nnc(-c2ccccc2)o1. The number of benzene rings is 1. The van der Waals surface area contributed by atoms with Crippen LogP contribution in [0.4, 0.5) is 0 Å². The molecule has 0 aliphatic carbocycles. The van der Waals surface area contributed by atoms with Gasteiger partial charge in [0.25, 0.3) is 5.22 Å². The molecule has 0 aliphatic heterocycles. The largest absolute Gasteiger partial charge is 0.411 e. The third kappa shape index (κ3) is 4.15. The van der Waals surface area contributed by atoms with Gasteiger partial charge in [-0.25, -0.2) is 0 Å². The molecule has 1 heterocycles. The lowest BCUT2D eigenvalue weighted by Gasteiger charge is -2.28. The molecule has 126 valence electrons. The number of hydrogen-bond donors (Lipinski definition) is 1. The van der Waals surface area contributed by atoms with Crippen LogP contribution in [0, 0.1) is 17.2 Å². The molecule has 1 amide bonds. The highest BCUT2D eigenvalue weighted by Crippen LogP contribution is 2.26. The quantitative estimate of drug-likeness (QED) is 0.809. The molecule has 7 heteroatoms. The van der Waals surface area contributed by atoms with E-state index in [2.05, 4.69) is 21.6 Å². The van der Waals surface area contributed by atoms with Crippen molar-refractivity contribution in [1.29, 1.82) is 5.26 Å². The van der Waals surface area contributed by atoms with E-state index in [1.807, 2.05) is 44.2 Å². The van der Waals surface area contributed by atoms with Gasteiger partial charge in [0.2, 0.25) is 11.8 Å². The van der Waals surface area contributed by atoms with Gasteiger partial charge in [-0.15, -0.1) is 10.2 Å². The zero-order valence-corrected chi connectivity index (χ0v) is 14.9. The van der Waals surface area contributed by atoms with Crippen molar-refractivity contribution < 1.29 is 9.21 Å². The number of aromatic nitrogens is 2. The highest BCUT2D eigenvalue weighted by Gasteiger charge is 2.32. The van der Waals surface area contributed by atoms with E-state index in [1.54, 1.807) is 13.8 Å². The van der Waals surface area contributed by atoms with Crippen LogP contribution in [0.5, 0.6) is 0 Å². The Balaban J connectivity index is 2.02. The lowest BCUT2D eigenvalue weighted by atomic mass is 9.90. The summed E-state index contributed by atoms with van der Waals surface area (Å²) >= 11 is 1.17. The van der Waals surface area contributed by atoms with Crippen molar-refractivity contribution in [3.63, 3.8) is 0 Å². The van der Waals surface area contributed by atoms with Crippen molar-refractivity contribution >= 4 is 17.7 Å². The molecule has 1 aromatic heterocycles. The molecule has 0 bridgehead atoms. The molecule has 0 spiro atoms. The molecular formula is C17H20N4O2S. The minimum Gasteiger partial charge on any atom is -0.411 e. The normalized spacial score (nSPS) is 14.7. The fourth-order valence-corrected chi connectivity index (χ4v) is 2.50. The number of amides is 1. The van der Waals surface area contributed by atoms with Crippen LogP contribution in [0.2, 0.25) is 0 Å². The molecule has 2 atom stereocenters. The molecule has 24 heavy (non-hydrogen) atoms. The molecule has 0 radical (unpaired) electrons. The van der Waals surface area contributed by atoms with E-state index >= 15 is 0 Å². The summed E-state index contributed by atoms with van der Waals surface area (Å²) in [5.74, 6) is 0.170. The number of carbonyl (C=O) groups excluding carboxylic acids is 1. The Kier molecular flexibility index (Phi) is 5.62. The zero-order chi connectivity index (χ0) is 17.7. The Morgan fingerprint density at radius 1 is 1.29 bits per heavy atom. The standard InChI is InChI=1S/C17H20N4O2S/c1-11(2)17(4,10-18)19-14(22)12(3)24-16-21-20-15(23-16)13-8-6-5-7-9-13/h5-9,11-12H,1-4H3,(H,19,22)/t12-,17-/m1/s1. The lowest BCUT2D eigenvalue weighted by molar-refractivity contribution is -0.121. The minimum absolute atomic E-state index is 0.00302. The first kappa shape index (κ1) is 18.0. The van der Waals surface area contributed by atoms with Crippen LogP contribution >= 0.6 is 11.8 Å². The Hall–Kier alpha value is -2.33. The van der Waals surface area contributed by atoms with E-state index in [1.165, 1.54) is 11.8 Å². The summed E-state index contributed by atoms with van der Waals surface area (Å²) in [5, 5.41) is 19.9. The van der Waals surface area contributed by atoms with Crippen molar-refractivity contribution in [3.05, 3.63) is 30.3 Å². The number of thioether (sulfide) groups is 1. The van der Waals surface area contributed by atoms with Crippen molar-refractivity contribution in [1.82, 2.24) is 15.5 Å². The van der Waals surface area contributed by atoms with Crippen LogP contribution in [0.3, 0.4) is 0 Å². The highest BCUT2D eigenvalue weighted by atomic mass is 32.2. The number of nitrogens with zero attached hydrogens (tertiary/aromatic N) is 3. The Labute approximate surface area is 145 Å². The zero-order valence-electron chi connectivity index (χ0n) is 14.1. The molecule has 0 fully saturated rings. The molecule has 0 saturated heterocycles. The second kappa shape index (κ2) is 7.49. The summed E-state index contributed by atoms with van der Waals surface area (Å²) in [7, 11) is 0. The van der Waals surface area contributed by atoms with Gasteiger partial charge in [0.05, 0.1) is 11.3 Å². The monoisotopic (exact) mass is 344 g/mol. The maximum Gasteiger partial charge on any atom is 0.277 e. The van der Waals surface area contributed by atoms with Gasteiger partial charge in [-0.3, -0.25) is 4.79 Å². The van der Waals surface area contributed by atoms with Gasteiger partial charge in [0, 0.05) is 5.56 Å². The maximum absolute atomic E-state index is 12.3. The average molecular weight is 344 g/mol. The summed E-state index contributed by atoms with van der Waals surface area (Å²) in [6.45, 7) is 7.24. The van der Waals surface area contributed by atoms with Crippen molar-refractivity contribution in [2.45, 2.75) is 43.7 Å². The second-order valence-corrected chi connectivity index (χ2v) is 7.25. The van der Waals surface area contributed by atoms with E-state index in [9.17, 15) is 10.1 Å². The minimum atomic E-state index is -0.907. The first-order chi connectivity index (χ1) is 11.4.